The molecule has 62 valence electrons. The second kappa shape index (κ2) is 3.39. The van der Waals surface area contributed by atoms with Crippen LogP contribution in [0.5, 0.6) is 0 Å². The van der Waals surface area contributed by atoms with Gasteiger partial charge in [-0.1, -0.05) is 0 Å². The molecule has 5 heteroatoms. The van der Waals surface area contributed by atoms with Crippen molar-refractivity contribution in [1.29, 1.82) is 5.41 Å². The molecule has 0 fully saturated rings. The van der Waals surface area contributed by atoms with Crippen LogP contribution in [0.3, 0.4) is 0 Å². The number of amidine groups is 1. The summed E-state index contributed by atoms with van der Waals surface area (Å²) in [5.74, 6) is 0.0173. The van der Waals surface area contributed by atoms with Crippen LogP contribution in [0.2, 0.25) is 0 Å². The molecule has 0 aromatic carbocycles. The predicted molar refractivity (Wildman–Crippen MR) is 46.2 cm³/mol. The third-order valence-electron chi connectivity index (χ3n) is 1.39. The van der Waals surface area contributed by atoms with Gasteiger partial charge >= 0.3 is 0 Å². The maximum Gasteiger partial charge on any atom is 0.143 e. The summed E-state index contributed by atoms with van der Waals surface area (Å²) >= 11 is 0. The van der Waals surface area contributed by atoms with Gasteiger partial charge in [-0.15, -0.1) is 12.4 Å². The van der Waals surface area contributed by atoms with Crippen LogP contribution in [0.15, 0.2) is 6.07 Å². The first-order valence-electron chi connectivity index (χ1n) is 2.96. The van der Waals surface area contributed by atoms with Crippen molar-refractivity contribution in [1.82, 2.24) is 9.78 Å². The summed E-state index contributed by atoms with van der Waals surface area (Å²) in [7, 11) is 1.82. The molecule has 0 spiro atoms. The van der Waals surface area contributed by atoms with Crippen LogP contribution in [0.4, 0.5) is 0 Å². The number of aryl methyl sites for hydroxylation is 2. The van der Waals surface area contributed by atoms with Crippen LogP contribution in [-0.4, -0.2) is 15.6 Å². The Hall–Kier alpha value is -1.03. The molecule has 0 amide bonds. The molecule has 0 saturated heterocycles. The predicted octanol–water partition coefficient (Wildman–Crippen LogP) is 0.434. The highest BCUT2D eigenvalue weighted by atomic mass is 35.5. The molecule has 0 unspecified atom stereocenters. The lowest BCUT2D eigenvalue weighted by Crippen LogP contribution is -2.11. The highest BCUT2D eigenvalue weighted by Crippen LogP contribution is 1.98. The lowest BCUT2D eigenvalue weighted by Gasteiger charge is -1.89. The molecule has 0 aliphatic heterocycles. The molecular weight excluding hydrogens is 164 g/mol. The largest absolute Gasteiger partial charge is 0.382 e. The molecule has 4 nitrogen and oxygen atoms in total. The minimum atomic E-state index is 0. The van der Waals surface area contributed by atoms with Crippen molar-refractivity contribution < 1.29 is 0 Å². The number of nitrogens with zero attached hydrogens (tertiary/aromatic N) is 2. The van der Waals surface area contributed by atoms with Gasteiger partial charge in [-0.05, 0) is 13.0 Å². The van der Waals surface area contributed by atoms with Gasteiger partial charge in [0.25, 0.3) is 0 Å². The van der Waals surface area contributed by atoms with E-state index in [9.17, 15) is 0 Å². The van der Waals surface area contributed by atoms with Crippen molar-refractivity contribution >= 4 is 18.2 Å². The summed E-state index contributed by atoms with van der Waals surface area (Å²) in [6.45, 7) is 1.92. The van der Waals surface area contributed by atoms with Crippen LogP contribution in [-0.2, 0) is 7.05 Å². The maximum atomic E-state index is 7.05. The van der Waals surface area contributed by atoms with Crippen molar-refractivity contribution in [3.8, 4) is 0 Å². The summed E-state index contributed by atoms with van der Waals surface area (Å²) in [6.07, 6.45) is 0. The molecule has 0 atom stereocenters. The first-order valence-corrected chi connectivity index (χ1v) is 2.96. The molecule has 1 aromatic rings. The van der Waals surface area contributed by atoms with Crippen LogP contribution in [0.25, 0.3) is 0 Å². The number of rotatable bonds is 1. The summed E-state index contributed by atoms with van der Waals surface area (Å²) in [6, 6.07) is 1.78. The molecular formula is C6H11ClN4. The minimum absolute atomic E-state index is 0. The molecule has 3 N–H and O–H groups in total. The first-order chi connectivity index (χ1) is 4.61. The Morgan fingerprint density at radius 2 is 2.27 bits per heavy atom. The third kappa shape index (κ3) is 1.94. The Labute approximate surface area is 71.3 Å². The van der Waals surface area contributed by atoms with Crippen molar-refractivity contribution in [2.75, 3.05) is 0 Å². The fraction of sp³-hybridized carbons (Fsp3) is 0.333. The van der Waals surface area contributed by atoms with Crippen LogP contribution in [0.1, 0.15) is 11.4 Å². The summed E-state index contributed by atoms with van der Waals surface area (Å²) in [5, 5.41) is 11.0. The van der Waals surface area contributed by atoms with Gasteiger partial charge in [0.1, 0.15) is 11.5 Å². The summed E-state index contributed by atoms with van der Waals surface area (Å²) in [5.41, 5.74) is 6.75. The van der Waals surface area contributed by atoms with Crippen LogP contribution < -0.4 is 5.73 Å². The van der Waals surface area contributed by atoms with E-state index >= 15 is 0 Å². The Bertz CT molecular complexity index is 246. The van der Waals surface area contributed by atoms with Crippen molar-refractivity contribution in [3.05, 3.63) is 17.5 Å². The zero-order chi connectivity index (χ0) is 7.72. The molecule has 0 aliphatic rings. The third-order valence-corrected chi connectivity index (χ3v) is 1.39. The SMILES string of the molecule is Cc1cc(C(=N)N)nn1C.Cl. The van der Waals surface area contributed by atoms with Gasteiger partial charge in [0.2, 0.25) is 0 Å². The van der Waals surface area contributed by atoms with Gasteiger partial charge < -0.3 is 5.73 Å². The van der Waals surface area contributed by atoms with Crippen LogP contribution >= 0.6 is 12.4 Å². The van der Waals surface area contributed by atoms with Gasteiger partial charge in [-0.25, -0.2) is 0 Å². The number of nitrogens with one attached hydrogen (secondary N) is 1. The zero-order valence-electron chi connectivity index (χ0n) is 6.46. The summed E-state index contributed by atoms with van der Waals surface area (Å²) < 4.78 is 1.69. The van der Waals surface area contributed by atoms with Gasteiger partial charge in [0.05, 0.1) is 0 Å². The van der Waals surface area contributed by atoms with Crippen molar-refractivity contribution in [2.45, 2.75) is 6.92 Å². The number of nitrogen functional groups attached to an aromatic ring is 1. The average Bonchev–Trinajstić information content (AvgIpc) is 2.13. The number of halogens is 1. The molecule has 11 heavy (non-hydrogen) atoms. The number of hydrogen-bond acceptors (Lipinski definition) is 2. The molecule has 0 aliphatic carbocycles. The fourth-order valence-electron chi connectivity index (χ4n) is 0.692. The molecule has 0 saturated carbocycles. The Kier molecular flexibility index (Phi) is 3.07. The van der Waals surface area contributed by atoms with E-state index in [1.165, 1.54) is 0 Å². The van der Waals surface area contributed by atoms with E-state index in [0.29, 0.717) is 5.69 Å². The maximum absolute atomic E-state index is 7.05. The minimum Gasteiger partial charge on any atom is -0.382 e. The quantitative estimate of drug-likeness (QED) is 0.479. The van der Waals surface area contributed by atoms with Crippen LogP contribution in [0, 0.1) is 12.3 Å². The number of nitrogens with two attached hydrogens (primary N) is 1. The van der Waals surface area contributed by atoms with E-state index < -0.39 is 0 Å². The Morgan fingerprint density at radius 1 is 1.73 bits per heavy atom. The van der Waals surface area contributed by atoms with Gasteiger partial charge in [-0.2, -0.15) is 5.10 Å². The molecule has 0 bridgehead atoms. The van der Waals surface area contributed by atoms with E-state index in [1.807, 2.05) is 14.0 Å². The van der Waals surface area contributed by atoms with E-state index in [0.717, 1.165) is 5.69 Å². The second-order valence-electron chi connectivity index (χ2n) is 2.21. The van der Waals surface area contributed by atoms with E-state index in [1.54, 1.807) is 10.7 Å². The van der Waals surface area contributed by atoms with Gasteiger partial charge in [0.15, 0.2) is 0 Å². The fourth-order valence-corrected chi connectivity index (χ4v) is 0.692. The highest BCUT2D eigenvalue weighted by Gasteiger charge is 2.01. The summed E-state index contributed by atoms with van der Waals surface area (Å²) in [4.78, 5) is 0. The Balaban J connectivity index is 0.000001000. The molecule has 1 heterocycles. The number of aromatic nitrogens is 2. The van der Waals surface area contributed by atoms with E-state index in [-0.39, 0.29) is 18.2 Å². The normalized spacial score (nSPS) is 8.91. The highest BCUT2D eigenvalue weighted by molar-refractivity contribution is 5.93. The van der Waals surface area contributed by atoms with Crippen molar-refractivity contribution in [3.63, 3.8) is 0 Å². The van der Waals surface area contributed by atoms with Gasteiger partial charge in [-0.3, -0.25) is 10.1 Å². The smallest absolute Gasteiger partial charge is 0.143 e. The topological polar surface area (TPSA) is 67.7 Å². The standard InChI is InChI=1S/C6H10N4.ClH/c1-4-3-5(6(7)8)9-10(4)2;/h3H,1-2H3,(H3,7,8);1H. The Morgan fingerprint density at radius 3 is 2.45 bits per heavy atom. The molecule has 0 radical (unpaired) electrons. The molecule has 1 aromatic heterocycles. The lowest BCUT2D eigenvalue weighted by atomic mass is 10.3. The van der Waals surface area contributed by atoms with E-state index in [2.05, 4.69) is 5.10 Å². The number of hydrogen-bond donors (Lipinski definition) is 2. The second-order valence-corrected chi connectivity index (χ2v) is 2.21. The van der Waals surface area contributed by atoms with E-state index in [4.69, 9.17) is 11.1 Å². The monoisotopic (exact) mass is 174 g/mol. The van der Waals surface area contributed by atoms with Gasteiger partial charge in [0, 0.05) is 12.7 Å². The van der Waals surface area contributed by atoms with Crippen molar-refractivity contribution in [2.24, 2.45) is 12.8 Å². The zero-order valence-corrected chi connectivity index (χ0v) is 7.27. The molecule has 1 rings (SSSR count). The lowest BCUT2D eigenvalue weighted by molar-refractivity contribution is 0.737. The first kappa shape index (κ1) is 9.97. The average molecular weight is 175 g/mol.